The third-order valence-electron chi connectivity index (χ3n) is 6.92. The Labute approximate surface area is 202 Å². The Morgan fingerprint density at radius 2 is 1.79 bits per heavy atom. The maximum Gasteiger partial charge on any atom is 0.243 e. The maximum absolute atomic E-state index is 13.6. The molecule has 2 aromatic carbocycles. The lowest BCUT2D eigenvalue weighted by molar-refractivity contribution is -0.141. The molecule has 34 heavy (non-hydrogen) atoms. The Bertz CT molecular complexity index is 1000. The quantitative estimate of drug-likeness (QED) is 0.591. The first kappa shape index (κ1) is 24.1. The van der Waals surface area contributed by atoms with Crippen LogP contribution in [0.5, 0.6) is 11.5 Å². The smallest absolute Gasteiger partial charge is 0.243 e. The molecule has 2 amide bonds. The Kier molecular flexibility index (Phi) is 8.09. The minimum atomic E-state index is -0.479. The molecule has 182 valence electrons. The van der Waals surface area contributed by atoms with Crippen molar-refractivity contribution >= 4 is 11.8 Å². The van der Waals surface area contributed by atoms with Crippen molar-refractivity contribution in [2.45, 2.75) is 77.4 Å². The van der Waals surface area contributed by atoms with Gasteiger partial charge >= 0.3 is 0 Å². The molecule has 1 aliphatic heterocycles. The first-order valence-corrected chi connectivity index (χ1v) is 12.6. The molecule has 0 bridgehead atoms. The van der Waals surface area contributed by atoms with E-state index in [1.54, 1.807) is 4.90 Å². The fourth-order valence-corrected chi connectivity index (χ4v) is 4.90. The van der Waals surface area contributed by atoms with E-state index in [0.717, 1.165) is 53.9 Å². The van der Waals surface area contributed by atoms with Crippen LogP contribution >= 0.6 is 0 Å². The number of hydrogen-bond donors (Lipinski definition) is 1. The summed E-state index contributed by atoms with van der Waals surface area (Å²) in [6.07, 6.45) is 5.86. The van der Waals surface area contributed by atoms with Gasteiger partial charge in [-0.3, -0.25) is 9.59 Å². The van der Waals surface area contributed by atoms with Gasteiger partial charge in [0.1, 0.15) is 19.3 Å². The van der Waals surface area contributed by atoms with Crippen molar-refractivity contribution in [3.63, 3.8) is 0 Å². The maximum atomic E-state index is 13.6. The number of aryl methyl sites for hydroxylation is 2. The molecular weight excluding hydrogens is 428 g/mol. The van der Waals surface area contributed by atoms with E-state index in [9.17, 15) is 9.59 Å². The van der Waals surface area contributed by atoms with Gasteiger partial charge in [-0.05, 0) is 61.4 Å². The van der Waals surface area contributed by atoms with E-state index in [2.05, 4.69) is 5.32 Å². The van der Waals surface area contributed by atoms with Gasteiger partial charge in [-0.2, -0.15) is 0 Å². The van der Waals surface area contributed by atoms with E-state index >= 15 is 0 Å². The lowest BCUT2D eigenvalue weighted by Crippen LogP contribution is -2.51. The number of fused-ring (bicyclic) bond motifs is 1. The number of ether oxygens (including phenoxy) is 2. The average molecular weight is 465 g/mol. The van der Waals surface area contributed by atoms with Gasteiger partial charge in [-0.1, -0.05) is 50.1 Å². The highest BCUT2D eigenvalue weighted by Gasteiger charge is 2.30. The summed E-state index contributed by atoms with van der Waals surface area (Å²) in [7, 11) is 0. The van der Waals surface area contributed by atoms with Crippen molar-refractivity contribution in [1.29, 1.82) is 0 Å². The second-order valence-corrected chi connectivity index (χ2v) is 9.34. The molecule has 1 unspecified atom stereocenters. The number of hydrogen-bond acceptors (Lipinski definition) is 4. The molecule has 1 atom stereocenters. The van der Waals surface area contributed by atoms with Crippen LogP contribution in [0.15, 0.2) is 42.5 Å². The predicted molar refractivity (Wildman–Crippen MR) is 132 cm³/mol. The summed E-state index contributed by atoms with van der Waals surface area (Å²) in [6, 6.07) is 13.7. The first-order chi connectivity index (χ1) is 16.5. The zero-order valence-electron chi connectivity index (χ0n) is 20.3. The number of amides is 2. The summed E-state index contributed by atoms with van der Waals surface area (Å²) >= 11 is 0. The van der Waals surface area contributed by atoms with Crippen LogP contribution in [0, 0.1) is 6.92 Å². The molecule has 0 spiro atoms. The molecule has 1 saturated carbocycles. The SMILES string of the molecule is CCC(C(=O)NC1CCCC1)N(Cc1ccccc1C)C(=O)CCc1ccc2c(c1)OCCO2. The number of benzene rings is 2. The van der Waals surface area contributed by atoms with Gasteiger partial charge in [0.2, 0.25) is 11.8 Å². The highest BCUT2D eigenvalue weighted by molar-refractivity contribution is 5.88. The summed E-state index contributed by atoms with van der Waals surface area (Å²) in [5.74, 6) is 1.44. The van der Waals surface area contributed by atoms with Crippen molar-refractivity contribution in [2.24, 2.45) is 0 Å². The van der Waals surface area contributed by atoms with Gasteiger partial charge in [0, 0.05) is 19.0 Å². The van der Waals surface area contributed by atoms with Crippen molar-refractivity contribution in [3.8, 4) is 11.5 Å². The standard InChI is InChI=1S/C28H36N2O4/c1-3-24(28(32)29-23-10-6-7-11-23)30(19-22-9-5-4-8-20(22)2)27(31)15-13-21-12-14-25-26(18-21)34-17-16-33-25/h4-5,8-9,12,14,18,23-24H,3,6-7,10-11,13,15-17,19H2,1-2H3,(H,29,32). The highest BCUT2D eigenvalue weighted by Crippen LogP contribution is 2.31. The number of nitrogens with zero attached hydrogens (tertiary/aromatic N) is 1. The molecular formula is C28H36N2O4. The summed E-state index contributed by atoms with van der Waals surface area (Å²) in [6.45, 7) is 5.56. The molecule has 1 N–H and O–H groups in total. The first-order valence-electron chi connectivity index (χ1n) is 12.6. The minimum absolute atomic E-state index is 0.00781. The van der Waals surface area contributed by atoms with Gasteiger partial charge in [0.25, 0.3) is 0 Å². The van der Waals surface area contributed by atoms with Gasteiger partial charge < -0.3 is 19.7 Å². The predicted octanol–water partition coefficient (Wildman–Crippen LogP) is 4.57. The van der Waals surface area contributed by atoms with Crippen molar-refractivity contribution in [1.82, 2.24) is 10.2 Å². The number of nitrogens with one attached hydrogen (secondary N) is 1. The third kappa shape index (κ3) is 5.91. The number of carbonyl (C=O) groups excluding carboxylic acids is 2. The van der Waals surface area contributed by atoms with Crippen molar-refractivity contribution in [3.05, 3.63) is 59.2 Å². The lowest BCUT2D eigenvalue weighted by Gasteiger charge is -2.32. The van der Waals surface area contributed by atoms with Crippen molar-refractivity contribution < 1.29 is 19.1 Å². The van der Waals surface area contributed by atoms with Crippen LogP contribution in [0.4, 0.5) is 0 Å². The molecule has 0 saturated heterocycles. The molecule has 0 radical (unpaired) electrons. The van der Waals surface area contributed by atoms with Crippen LogP contribution in [0.3, 0.4) is 0 Å². The van der Waals surface area contributed by atoms with Gasteiger partial charge in [-0.25, -0.2) is 0 Å². The average Bonchev–Trinajstić information content (AvgIpc) is 3.36. The Morgan fingerprint density at radius 3 is 2.53 bits per heavy atom. The van der Waals surface area contributed by atoms with Crippen LogP contribution in [-0.2, 0) is 22.6 Å². The summed E-state index contributed by atoms with van der Waals surface area (Å²) in [5.41, 5.74) is 3.22. The van der Waals surface area contributed by atoms with Crippen LogP contribution in [0.25, 0.3) is 0 Å². The number of rotatable bonds is 9. The van der Waals surface area contributed by atoms with E-state index in [1.165, 1.54) is 0 Å². The minimum Gasteiger partial charge on any atom is -0.486 e. The molecule has 6 heteroatoms. The zero-order chi connectivity index (χ0) is 23.9. The van der Waals surface area contributed by atoms with E-state index in [4.69, 9.17) is 9.47 Å². The molecule has 1 aliphatic carbocycles. The van der Waals surface area contributed by atoms with Crippen LogP contribution < -0.4 is 14.8 Å². The monoisotopic (exact) mass is 464 g/mol. The van der Waals surface area contributed by atoms with Crippen molar-refractivity contribution in [2.75, 3.05) is 13.2 Å². The molecule has 4 rings (SSSR count). The van der Waals surface area contributed by atoms with E-state index in [0.29, 0.717) is 39.0 Å². The van der Waals surface area contributed by atoms with E-state index < -0.39 is 6.04 Å². The molecule has 2 aliphatic rings. The largest absolute Gasteiger partial charge is 0.486 e. The summed E-state index contributed by atoms with van der Waals surface area (Å²) < 4.78 is 11.3. The van der Waals surface area contributed by atoms with Gasteiger partial charge in [-0.15, -0.1) is 0 Å². The molecule has 1 heterocycles. The van der Waals surface area contributed by atoms with E-state index in [1.807, 2.05) is 56.3 Å². The van der Waals surface area contributed by atoms with Crippen LogP contribution in [-0.4, -0.2) is 42.0 Å². The second kappa shape index (κ2) is 11.4. The second-order valence-electron chi connectivity index (χ2n) is 9.34. The van der Waals surface area contributed by atoms with Crippen LogP contribution in [0.1, 0.15) is 62.1 Å². The Hall–Kier alpha value is -3.02. The fourth-order valence-electron chi connectivity index (χ4n) is 4.90. The Balaban J connectivity index is 1.49. The van der Waals surface area contributed by atoms with E-state index in [-0.39, 0.29) is 17.9 Å². The van der Waals surface area contributed by atoms with Crippen LogP contribution in [0.2, 0.25) is 0 Å². The van der Waals surface area contributed by atoms with Gasteiger partial charge in [0.05, 0.1) is 0 Å². The normalized spacial score (nSPS) is 16.2. The molecule has 2 aromatic rings. The molecule has 6 nitrogen and oxygen atoms in total. The Morgan fingerprint density at radius 1 is 1.06 bits per heavy atom. The fraction of sp³-hybridized carbons (Fsp3) is 0.500. The van der Waals surface area contributed by atoms with Gasteiger partial charge in [0.15, 0.2) is 11.5 Å². The third-order valence-corrected chi connectivity index (χ3v) is 6.92. The topological polar surface area (TPSA) is 67.9 Å². The summed E-state index contributed by atoms with van der Waals surface area (Å²) in [5, 5.41) is 3.21. The highest BCUT2D eigenvalue weighted by atomic mass is 16.6. The zero-order valence-corrected chi connectivity index (χ0v) is 20.3. The number of carbonyl (C=O) groups is 2. The molecule has 1 fully saturated rings. The lowest BCUT2D eigenvalue weighted by atomic mass is 10.0. The summed E-state index contributed by atoms with van der Waals surface area (Å²) in [4.78, 5) is 28.6. The molecule has 0 aromatic heterocycles.